The van der Waals surface area contributed by atoms with Crippen LogP contribution in [0.25, 0.3) is 0 Å². The van der Waals surface area contributed by atoms with Crippen LogP contribution in [0.15, 0.2) is 11.6 Å². The first-order valence-electron chi connectivity index (χ1n) is 10.5. The van der Waals surface area contributed by atoms with Gasteiger partial charge in [-0.1, -0.05) is 58.1 Å². The topological polar surface area (TPSA) is 47.6 Å². The number of fused-ring (bicyclic) bond motifs is 2. The van der Waals surface area contributed by atoms with Crippen molar-refractivity contribution in [2.45, 2.75) is 85.8 Å². The Labute approximate surface area is 160 Å². The molecule has 4 heteroatoms. The number of nitrogens with one attached hydrogen (secondary N) is 1. The molecule has 2 aliphatic rings. The number of carbonyl (C=O) groups is 1. The zero-order valence-electron chi connectivity index (χ0n) is 17.6. The minimum Gasteiger partial charge on any atom is -0.449 e. The Morgan fingerprint density at radius 2 is 2.08 bits per heavy atom. The van der Waals surface area contributed by atoms with E-state index in [0.717, 1.165) is 6.42 Å². The monoisotopic (exact) mass is 365 g/mol. The molecule has 1 fully saturated rings. The van der Waals surface area contributed by atoms with E-state index in [2.05, 4.69) is 39.1 Å². The van der Waals surface area contributed by atoms with Crippen LogP contribution in [0.2, 0.25) is 0 Å². The molecular weight excluding hydrogens is 326 g/mol. The molecule has 1 N–H and O–H groups in total. The number of hydrogen-bond acceptors (Lipinski definition) is 3. The van der Waals surface area contributed by atoms with Crippen LogP contribution in [0.5, 0.6) is 0 Å². The number of hydrogen-bond donors (Lipinski definition) is 1. The van der Waals surface area contributed by atoms with E-state index in [4.69, 9.17) is 9.47 Å². The quantitative estimate of drug-likeness (QED) is 0.467. The molecule has 0 spiro atoms. The van der Waals surface area contributed by atoms with Gasteiger partial charge in [0.25, 0.3) is 0 Å². The Kier molecular flexibility index (Phi) is 7.57. The predicted octanol–water partition coefficient (Wildman–Crippen LogP) is 5.32. The molecule has 150 valence electrons. The van der Waals surface area contributed by atoms with Crippen molar-refractivity contribution in [1.82, 2.24) is 5.32 Å². The molecule has 4 nitrogen and oxygen atoms in total. The van der Waals surface area contributed by atoms with E-state index in [1.54, 1.807) is 0 Å². The Bertz CT molecular complexity index is 502. The molecule has 0 radical (unpaired) electrons. The van der Waals surface area contributed by atoms with E-state index < -0.39 is 0 Å². The minimum atomic E-state index is -0.321. The summed E-state index contributed by atoms with van der Waals surface area (Å²) in [6.07, 6.45) is 8.63. The van der Waals surface area contributed by atoms with E-state index in [1.807, 2.05) is 13.8 Å². The maximum absolute atomic E-state index is 12.0. The van der Waals surface area contributed by atoms with Gasteiger partial charge < -0.3 is 14.8 Å². The predicted molar refractivity (Wildman–Crippen MR) is 106 cm³/mol. The first-order valence-corrected chi connectivity index (χ1v) is 10.5. The second-order valence-electron chi connectivity index (χ2n) is 8.82. The van der Waals surface area contributed by atoms with Crippen molar-refractivity contribution >= 4 is 6.09 Å². The normalized spacial score (nSPS) is 33.7. The number of alkyl carbamates (subject to hydrolysis) is 1. The average Bonchev–Trinajstić information content (AvgIpc) is 2.56. The number of ether oxygens (including phenoxy) is 2. The number of carbonyl (C=O) groups excluding carboxylic acids is 1. The van der Waals surface area contributed by atoms with Crippen LogP contribution >= 0.6 is 0 Å². The third-order valence-electron chi connectivity index (χ3n) is 6.58. The van der Waals surface area contributed by atoms with Gasteiger partial charge in [-0.2, -0.15) is 0 Å². The van der Waals surface area contributed by atoms with Crippen LogP contribution < -0.4 is 5.32 Å². The van der Waals surface area contributed by atoms with Crippen molar-refractivity contribution in [2.24, 2.45) is 23.2 Å². The van der Waals surface area contributed by atoms with Crippen molar-refractivity contribution in [2.75, 3.05) is 13.2 Å². The van der Waals surface area contributed by atoms with Crippen LogP contribution in [0.1, 0.15) is 73.6 Å². The van der Waals surface area contributed by atoms with E-state index in [1.165, 1.54) is 31.3 Å². The molecule has 0 saturated carbocycles. The molecule has 26 heavy (non-hydrogen) atoms. The highest BCUT2D eigenvalue weighted by atomic mass is 16.6. The average molecular weight is 366 g/mol. The smallest absolute Gasteiger partial charge is 0.407 e. The molecule has 0 aromatic carbocycles. The van der Waals surface area contributed by atoms with Gasteiger partial charge in [-0.05, 0) is 39.0 Å². The molecule has 0 aromatic heterocycles. The molecule has 1 saturated heterocycles. The van der Waals surface area contributed by atoms with Crippen LogP contribution in [-0.2, 0) is 9.47 Å². The Balaban J connectivity index is 2.06. The lowest BCUT2D eigenvalue weighted by molar-refractivity contribution is -0.165. The number of amides is 1. The molecule has 1 heterocycles. The number of allylic oxidation sites excluding steroid dienone is 1. The molecule has 0 aromatic rings. The Morgan fingerprint density at radius 3 is 2.73 bits per heavy atom. The summed E-state index contributed by atoms with van der Waals surface area (Å²) in [6.45, 7) is 14.1. The molecule has 1 amide bonds. The maximum Gasteiger partial charge on any atom is 0.407 e. The fourth-order valence-corrected chi connectivity index (χ4v) is 4.90. The third-order valence-corrected chi connectivity index (χ3v) is 6.58. The molecular formula is C22H39NO3. The maximum atomic E-state index is 12.0. The van der Waals surface area contributed by atoms with Crippen LogP contribution in [-0.4, -0.2) is 31.5 Å². The Hall–Kier alpha value is -1.03. The van der Waals surface area contributed by atoms with E-state index in [0.29, 0.717) is 37.1 Å². The van der Waals surface area contributed by atoms with Crippen LogP contribution in [0.3, 0.4) is 0 Å². The standard InChI is InChI=1S/C22H39NO3/c1-7-8-9-10-11-19-20-16(4)12-17(5)22(13-25-19,18(20)6)14-26-21(24)23-15(2)3/h12,15,17-20H,7-11,13-14H2,1-6H3,(H,23,24)/t17-,18+,19-,20-,22+/m0/s1. The van der Waals surface area contributed by atoms with Gasteiger partial charge in [-0.15, -0.1) is 0 Å². The molecule has 2 bridgehead atoms. The summed E-state index contributed by atoms with van der Waals surface area (Å²) in [5.41, 5.74) is 1.34. The van der Waals surface area contributed by atoms with Gasteiger partial charge in [0.15, 0.2) is 0 Å². The van der Waals surface area contributed by atoms with Gasteiger partial charge in [0.2, 0.25) is 0 Å². The summed E-state index contributed by atoms with van der Waals surface area (Å²) in [7, 11) is 0. The third kappa shape index (κ3) is 4.62. The SMILES string of the molecule is CCCCCC[C@@H]1OC[C@]2(COC(=O)NC(C)C)[C@H](C)[C@@H]1C(C)=C[C@@H]2C. The summed E-state index contributed by atoms with van der Waals surface area (Å²) in [6, 6.07) is 0.0891. The number of unbranched alkanes of at least 4 members (excludes halogenated alkanes) is 3. The van der Waals surface area contributed by atoms with Crippen molar-refractivity contribution in [3.8, 4) is 0 Å². The second kappa shape index (κ2) is 9.25. The lowest BCUT2D eigenvalue weighted by Crippen LogP contribution is -2.57. The molecule has 1 aliphatic heterocycles. The van der Waals surface area contributed by atoms with Crippen LogP contribution in [0.4, 0.5) is 4.79 Å². The van der Waals surface area contributed by atoms with E-state index in [9.17, 15) is 4.79 Å². The Morgan fingerprint density at radius 1 is 1.35 bits per heavy atom. The first-order chi connectivity index (χ1) is 12.3. The molecule has 1 aliphatic carbocycles. The summed E-state index contributed by atoms with van der Waals surface area (Å²) in [5, 5.41) is 2.82. The van der Waals surface area contributed by atoms with Gasteiger partial charge in [0, 0.05) is 17.4 Å². The highest BCUT2D eigenvalue weighted by Gasteiger charge is 2.53. The molecule has 0 unspecified atom stereocenters. The zero-order chi connectivity index (χ0) is 19.3. The van der Waals surface area contributed by atoms with Gasteiger partial charge in [-0.25, -0.2) is 4.79 Å². The largest absolute Gasteiger partial charge is 0.449 e. The van der Waals surface area contributed by atoms with Crippen molar-refractivity contribution < 1.29 is 14.3 Å². The van der Waals surface area contributed by atoms with Crippen molar-refractivity contribution in [1.29, 1.82) is 0 Å². The highest BCUT2D eigenvalue weighted by molar-refractivity contribution is 5.67. The fourth-order valence-electron chi connectivity index (χ4n) is 4.90. The summed E-state index contributed by atoms with van der Waals surface area (Å²) >= 11 is 0. The first kappa shape index (κ1) is 21.3. The van der Waals surface area contributed by atoms with Crippen LogP contribution in [0, 0.1) is 23.2 Å². The van der Waals surface area contributed by atoms with Crippen molar-refractivity contribution in [3.05, 3.63) is 11.6 Å². The number of rotatable bonds is 8. The molecule has 5 atom stereocenters. The highest BCUT2D eigenvalue weighted by Crippen LogP contribution is 2.53. The van der Waals surface area contributed by atoms with E-state index in [-0.39, 0.29) is 17.6 Å². The molecule has 2 rings (SSSR count). The summed E-state index contributed by atoms with van der Waals surface area (Å²) in [4.78, 5) is 12.0. The van der Waals surface area contributed by atoms with Gasteiger partial charge >= 0.3 is 6.09 Å². The van der Waals surface area contributed by atoms with Gasteiger partial charge in [0.05, 0.1) is 12.7 Å². The fraction of sp³-hybridized carbons (Fsp3) is 0.864. The van der Waals surface area contributed by atoms with E-state index >= 15 is 0 Å². The minimum absolute atomic E-state index is 0.0891. The zero-order valence-corrected chi connectivity index (χ0v) is 17.6. The lowest BCUT2D eigenvalue weighted by atomic mass is 9.56. The second-order valence-corrected chi connectivity index (χ2v) is 8.82. The summed E-state index contributed by atoms with van der Waals surface area (Å²) < 4.78 is 12.0. The van der Waals surface area contributed by atoms with Gasteiger partial charge in [0.1, 0.15) is 6.61 Å². The van der Waals surface area contributed by atoms with Crippen molar-refractivity contribution in [3.63, 3.8) is 0 Å². The summed E-state index contributed by atoms with van der Waals surface area (Å²) in [5.74, 6) is 1.25. The van der Waals surface area contributed by atoms with Gasteiger partial charge in [-0.3, -0.25) is 0 Å². The lowest BCUT2D eigenvalue weighted by Gasteiger charge is -2.55.